The third-order valence-electron chi connectivity index (χ3n) is 4.61. The Morgan fingerprint density at radius 3 is 2.88 bits per heavy atom. The Morgan fingerprint density at radius 1 is 1.33 bits per heavy atom. The molecule has 7 heteroatoms. The van der Waals surface area contributed by atoms with Gasteiger partial charge in [0, 0.05) is 30.9 Å². The molecule has 0 saturated heterocycles. The van der Waals surface area contributed by atoms with Crippen molar-refractivity contribution in [2.75, 3.05) is 17.7 Å². The topological polar surface area (TPSA) is 76.2 Å². The Labute approximate surface area is 139 Å². The molecule has 1 aliphatic rings. The van der Waals surface area contributed by atoms with Gasteiger partial charge in [0.2, 0.25) is 0 Å². The van der Waals surface area contributed by atoms with Crippen LogP contribution in [0.1, 0.15) is 30.9 Å². The number of nitrogens with zero attached hydrogens (tertiary/aromatic N) is 4. The first-order chi connectivity index (χ1) is 11.7. The second-order valence-corrected chi connectivity index (χ2v) is 6.18. The van der Waals surface area contributed by atoms with Crippen LogP contribution in [-0.4, -0.2) is 26.2 Å². The van der Waals surface area contributed by atoms with E-state index in [0.29, 0.717) is 17.5 Å². The zero-order valence-electron chi connectivity index (χ0n) is 13.8. The fourth-order valence-electron chi connectivity index (χ4n) is 3.01. The molecule has 1 aliphatic carbocycles. The first kappa shape index (κ1) is 14.7. The summed E-state index contributed by atoms with van der Waals surface area (Å²) >= 11 is 0. The van der Waals surface area contributed by atoms with Crippen LogP contribution in [0.25, 0.3) is 5.65 Å². The van der Waals surface area contributed by atoms with Gasteiger partial charge in [0.05, 0.1) is 6.20 Å². The molecule has 3 aromatic heterocycles. The number of hydrogen-bond donors (Lipinski definition) is 2. The molecule has 0 radical (unpaired) electrons. The minimum atomic E-state index is 0.000103. The number of fused-ring (bicyclic) bond motifs is 1. The maximum absolute atomic E-state index is 12.7. The molecule has 24 heavy (non-hydrogen) atoms. The van der Waals surface area contributed by atoms with Gasteiger partial charge in [-0.3, -0.25) is 4.79 Å². The van der Waals surface area contributed by atoms with Crippen LogP contribution in [-0.2, 0) is 0 Å². The molecule has 1 saturated carbocycles. The van der Waals surface area contributed by atoms with Crippen LogP contribution in [0, 0.1) is 6.92 Å². The van der Waals surface area contributed by atoms with E-state index in [2.05, 4.69) is 20.7 Å². The minimum absolute atomic E-state index is 0.000103. The summed E-state index contributed by atoms with van der Waals surface area (Å²) in [7, 11) is 1.83. The van der Waals surface area contributed by atoms with Crippen LogP contribution in [0.2, 0.25) is 0 Å². The molecule has 3 heterocycles. The van der Waals surface area contributed by atoms with Gasteiger partial charge >= 0.3 is 0 Å². The van der Waals surface area contributed by atoms with Gasteiger partial charge in [0.25, 0.3) is 5.56 Å². The van der Waals surface area contributed by atoms with Crippen LogP contribution in [0.3, 0.4) is 0 Å². The number of nitrogens with one attached hydrogen (secondary N) is 2. The molecule has 0 bridgehead atoms. The SMILES string of the molecule is CNc1cc(Nc2cccn(C3CCC3)c2=O)nc2c(C)cnn12. The van der Waals surface area contributed by atoms with E-state index < -0.39 is 0 Å². The van der Waals surface area contributed by atoms with Gasteiger partial charge in [-0.1, -0.05) is 0 Å². The van der Waals surface area contributed by atoms with E-state index in [1.54, 1.807) is 16.8 Å². The number of anilines is 3. The molecule has 4 rings (SSSR count). The molecule has 124 valence electrons. The minimum Gasteiger partial charge on any atom is -0.373 e. The number of pyridine rings is 1. The fourth-order valence-corrected chi connectivity index (χ4v) is 3.01. The zero-order chi connectivity index (χ0) is 16.7. The zero-order valence-corrected chi connectivity index (χ0v) is 13.8. The maximum atomic E-state index is 12.7. The molecule has 0 amide bonds. The van der Waals surface area contributed by atoms with Crippen molar-refractivity contribution in [2.45, 2.75) is 32.2 Å². The van der Waals surface area contributed by atoms with Gasteiger partial charge in [-0.15, -0.1) is 0 Å². The highest BCUT2D eigenvalue weighted by Gasteiger charge is 2.21. The molecular formula is C17H20N6O. The van der Waals surface area contributed by atoms with Crippen LogP contribution in [0.5, 0.6) is 0 Å². The molecule has 1 fully saturated rings. The highest BCUT2D eigenvalue weighted by molar-refractivity contribution is 5.64. The summed E-state index contributed by atoms with van der Waals surface area (Å²) in [4.78, 5) is 17.3. The molecular weight excluding hydrogens is 304 g/mol. The Morgan fingerprint density at radius 2 is 2.17 bits per heavy atom. The van der Waals surface area contributed by atoms with Crippen molar-refractivity contribution in [1.29, 1.82) is 0 Å². The lowest BCUT2D eigenvalue weighted by Crippen LogP contribution is -2.29. The average molecular weight is 324 g/mol. The number of hydrogen-bond acceptors (Lipinski definition) is 5. The van der Waals surface area contributed by atoms with E-state index in [-0.39, 0.29) is 5.56 Å². The van der Waals surface area contributed by atoms with Gasteiger partial charge in [0.1, 0.15) is 17.3 Å². The normalized spacial score (nSPS) is 14.6. The standard InChI is InChI=1S/C17H20N6O/c1-11-10-19-23-15(18-2)9-14(21-16(11)23)20-13-7-4-8-22(17(13)24)12-5-3-6-12/h4,7-10,12,18H,3,5-6H2,1-2H3,(H,20,21). The first-order valence-electron chi connectivity index (χ1n) is 8.18. The molecule has 0 aliphatic heterocycles. The molecule has 2 N–H and O–H groups in total. The predicted octanol–water partition coefficient (Wildman–Crippen LogP) is 2.71. The summed E-state index contributed by atoms with van der Waals surface area (Å²) in [6.45, 7) is 1.96. The lowest BCUT2D eigenvalue weighted by atomic mass is 9.93. The average Bonchev–Trinajstić information content (AvgIpc) is 2.90. The van der Waals surface area contributed by atoms with Gasteiger partial charge in [-0.25, -0.2) is 4.98 Å². The van der Waals surface area contributed by atoms with Crippen LogP contribution < -0.4 is 16.2 Å². The molecule has 0 atom stereocenters. The molecule has 0 aromatic carbocycles. The van der Waals surface area contributed by atoms with E-state index >= 15 is 0 Å². The highest BCUT2D eigenvalue weighted by Crippen LogP contribution is 2.30. The summed E-state index contributed by atoms with van der Waals surface area (Å²) in [5.74, 6) is 1.43. The van der Waals surface area contributed by atoms with Gasteiger partial charge < -0.3 is 15.2 Å². The van der Waals surface area contributed by atoms with Crippen molar-refractivity contribution in [3.8, 4) is 0 Å². The molecule has 7 nitrogen and oxygen atoms in total. The lowest BCUT2D eigenvalue weighted by Gasteiger charge is -2.27. The van der Waals surface area contributed by atoms with Crippen molar-refractivity contribution in [3.63, 3.8) is 0 Å². The fraction of sp³-hybridized carbons (Fsp3) is 0.353. The third kappa shape index (κ3) is 2.33. The quantitative estimate of drug-likeness (QED) is 0.772. The van der Waals surface area contributed by atoms with E-state index in [9.17, 15) is 4.79 Å². The number of rotatable bonds is 4. The molecule has 0 spiro atoms. The Hall–Kier alpha value is -2.83. The molecule has 0 unspecified atom stereocenters. The summed E-state index contributed by atoms with van der Waals surface area (Å²) in [5, 5.41) is 10.6. The van der Waals surface area contributed by atoms with Crippen molar-refractivity contribution in [3.05, 3.63) is 46.5 Å². The Balaban J connectivity index is 1.74. The third-order valence-corrected chi connectivity index (χ3v) is 4.61. The van der Waals surface area contributed by atoms with Crippen LogP contribution in [0.4, 0.5) is 17.3 Å². The van der Waals surface area contributed by atoms with Gasteiger partial charge in [-0.2, -0.15) is 9.61 Å². The van der Waals surface area contributed by atoms with E-state index in [0.717, 1.165) is 29.9 Å². The number of aromatic nitrogens is 4. The highest BCUT2D eigenvalue weighted by atomic mass is 16.1. The smallest absolute Gasteiger partial charge is 0.274 e. The Kier molecular flexibility index (Phi) is 3.48. The van der Waals surface area contributed by atoms with Crippen LogP contribution >= 0.6 is 0 Å². The monoisotopic (exact) mass is 324 g/mol. The second kappa shape index (κ2) is 5.67. The van der Waals surface area contributed by atoms with Crippen LogP contribution in [0.15, 0.2) is 35.4 Å². The summed E-state index contributed by atoms with van der Waals surface area (Å²) < 4.78 is 3.57. The van der Waals surface area contributed by atoms with E-state index in [4.69, 9.17) is 0 Å². The summed E-state index contributed by atoms with van der Waals surface area (Å²) in [6.07, 6.45) is 6.99. The van der Waals surface area contributed by atoms with Gasteiger partial charge in [0.15, 0.2) is 5.65 Å². The number of aryl methyl sites for hydroxylation is 1. The summed E-state index contributed by atoms with van der Waals surface area (Å²) in [6, 6.07) is 5.88. The van der Waals surface area contributed by atoms with Crippen molar-refractivity contribution < 1.29 is 0 Å². The van der Waals surface area contributed by atoms with Crippen molar-refractivity contribution in [2.24, 2.45) is 0 Å². The largest absolute Gasteiger partial charge is 0.373 e. The van der Waals surface area contributed by atoms with Gasteiger partial charge in [-0.05, 0) is 38.3 Å². The van der Waals surface area contributed by atoms with E-state index in [1.807, 2.05) is 36.9 Å². The van der Waals surface area contributed by atoms with Crippen molar-refractivity contribution >= 4 is 23.0 Å². The van der Waals surface area contributed by atoms with E-state index in [1.165, 1.54) is 6.42 Å². The Bertz CT molecular complexity index is 953. The predicted molar refractivity (Wildman–Crippen MR) is 94.1 cm³/mol. The van der Waals surface area contributed by atoms with Crippen molar-refractivity contribution in [1.82, 2.24) is 19.2 Å². The second-order valence-electron chi connectivity index (χ2n) is 6.18. The maximum Gasteiger partial charge on any atom is 0.274 e. The summed E-state index contributed by atoms with van der Waals surface area (Å²) in [5.41, 5.74) is 2.29. The molecule has 3 aromatic rings. The first-order valence-corrected chi connectivity index (χ1v) is 8.18. The lowest BCUT2D eigenvalue weighted by molar-refractivity contribution is 0.307.